The molecule has 0 unspecified atom stereocenters. The molecule has 0 aliphatic carbocycles. The summed E-state index contributed by atoms with van der Waals surface area (Å²) in [4.78, 5) is 27.7. The Morgan fingerprint density at radius 3 is 2.79 bits per heavy atom. The van der Waals surface area contributed by atoms with E-state index in [4.69, 9.17) is 4.74 Å². The molecule has 24 heavy (non-hydrogen) atoms. The van der Waals surface area contributed by atoms with Crippen molar-refractivity contribution in [2.24, 2.45) is 0 Å². The lowest BCUT2D eigenvalue weighted by atomic mass is 10.3. The van der Waals surface area contributed by atoms with E-state index < -0.39 is 0 Å². The number of thiazole rings is 1. The lowest BCUT2D eigenvalue weighted by Crippen LogP contribution is -2.15. The topological polar surface area (TPSA) is 86.1 Å². The average molecular weight is 415 g/mol. The van der Waals surface area contributed by atoms with Crippen molar-refractivity contribution in [2.75, 3.05) is 11.9 Å². The first-order valence-corrected chi connectivity index (χ1v) is 9.17. The molecule has 0 bridgehead atoms. The number of nitrogens with one attached hydrogen (secondary N) is 1. The van der Waals surface area contributed by atoms with Gasteiger partial charge in [-0.2, -0.15) is 5.10 Å². The number of hydrogen-bond donors (Lipinski definition) is 1. The molecule has 130 valence electrons. The van der Waals surface area contributed by atoms with Gasteiger partial charge in [0.15, 0.2) is 5.13 Å². The molecule has 0 fully saturated rings. The van der Waals surface area contributed by atoms with Crippen LogP contribution in [0.4, 0.5) is 5.13 Å². The van der Waals surface area contributed by atoms with Gasteiger partial charge in [-0.3, -0.25) is 14.3 Å². The second-order valence-corrected chi connectivity index (χ2v) is 6.78. The Kier molecular flexibility index (Phi) is 6.50. The van der Waals surface area contributed by atoms with E-state index >= 15 is 0 Å². The van der Waals surface area contributed by atoms with E-state index in [9.17, 15) is 9.59 Å². The minimum Gasteiger partial charge on any atom is -0.466 e. The van der Waals surface area contributed by atoms with E-state index in [-0.39, 0.29) is 18.3 Å². The summed E-state index contributed by atoms with van der Waals surface area (Å²) in [5.41, 5.74) is 2.49. The number of esters is 1. The molecule has 1 N–H and O–H groups in total. The molecule has 9 heteroatoms. The van der Waals surface area contributed by atoms with E-state index in [1.54, 1.807) is 17.0 Å². The number of halogens is 1. The Morgan fingerprint density at radius 2 is 2.17 bits per heavy atom. The molecule has 7 nitrogen and oxygen atoms in total. The van der Waals surface area contributed by atoms with E-state index in [0.717, 1.165) is 15.9 Å². The van der Waals surface area contributed by atoms with Crippen LogP contribution >= 0.6 is 27.3 Å². The molecule has 0 spiro atoms. The van der Waals surface area contributed by atoms with Crippen LogP contribution in [0.5, 0.6) is 0 Å². The van der Waals surface area contributed by atoms with Crippen LogP contribution in [-0.2, 0) is 27.3 Å². The predicted molar refractivity (Wildman–Crippen MR) is 95.1 cm³/mol. The van der Waals surface area contributed by atoms with Gasteiger partial charge in [0, 0.05) is 17.5 Å². The highest BCUT2D eigenvalue weighted by Crippen LogP contribution is 2.20. The highest BCUT2D eigenvalue weighted by atomic mass is 79.9. The fourth-order valence-corrected chi connectivity index (χ4v) is 3.10. The quantitative estimate of drug-likeness (QED) is 0.703. The molecule has 2 rings (SSSR count). The lowest BCUT2D eigenvalue weighted by Gasteiger charge is -2.04. The Morgan fingerprint density at radius 1 is 1.42 bits per heavy atom. The van der Waals surface area contributed by atoms with Crippen LogP contribution in [0.25, 0.3) is 0 Å². The largest absolute Gasteiger partial charge is 0.466 e. The highest BCUT2D eigenvalue weighted by molar-refractivity contribution is 9.10. The van der Waals surface area contributed by atoms with Crippen LogP contribution in [0.15, 0.2) is 9.85 Å². The van der Waals surface area contributed by atoms with Gasteiger partial charge in [0.1, 0.15) is 0 Å². The van der Waals surface area contributed by atoms with Crippen LogP contribution in [0, 0.1) is 13.8 Å². The Bertz CT molecular complexity index is 741. The van der Waals surface area contributed by atoms with E-state index in [2.05, 4.69) is 31.3 Å². The zero-order valence-corrected chi connectivity index (χ0v) is 16.2. The number of carbonyl (C=O) groups excluding carboxylic acids is 2. The summed E-state index contributed by atoms with van der Waals surface area (Å²) in [7, 11) is 0. The average Bonchev–Trinajstić information content (AvgIpc) is 3.05. The summed E-state index contributed by atoms with van der Waals surface area (Å²) >= 11 is 4.75. The van der Waals surface area contributed by atoms with Crippen molar-refractivity contribution >= 4 is 44.3 Å². The van der Waals surface area contributed by atoms with E-state index in [0.29, 0.717) is 30.4 Å². The molecule has 2 aromatic heterocycles. The Labute approximate surface area is 152 Å². The molecular weight excluding hydrogens is 396 g/mol. The summed E-state index contributed by atoms with van der Waals surface area (Å²) in [5.74, 6) is -0.466. The molecule has 0 aliphatic rings. The van der Waals surface area contributed by atoms with Crippen LogP contribution in [-0.4, -0.2) is 33.2 Å². The van der Waals surface area contributed by atoms with Crippen molar-refractivity contribution in [2.45, 2.75) is 40.2 Å². The number of nitrogens with zero attached hydrogens (tertiary/aromatic N) is 3. The molecule has 0 radical (unpaired) electrons. The Balaban J connectivity index is 1.85. The van der Waals surface area contributed by atoms with Gasteiger partial charge < -0.3 is 10.1 Å². The number of ether oxygens (including phenoxy) is 1. The second-order valence-electron chi connectivity index (χ2n) is 5.13. The third-order valence-electron chi connectivity index (χ3n) is 3.27. The maximum atomic E-state index is 12.0. The number of anilines is 1. The van der Waals surface area contributed by atoms with Crippen LogP contribution in [0.2, 0.25) is 0 Å². The maximum absolute atomic E-state index is 12.0. The van der Waals surface area contributed by atoms with E-state index in [1.165, 1.54) is 11.3 Å². The van der Waals surface area contributed by atoms with Crippen molar-refractivity contribution < 1.29 is 14.3 Å². The van der Waals surface area contributed by atoms with Gasteiger partial charge in [-0.15, -0.1) is 11.3 Å². The van der Waals surface area contributed by atoms with Crippen molar-refractivity contribution in [3.05, 3.63) is 26.9 Å². The third-order valence-corrected chi connectivity index (χ3v) is 5.23. The first-order valence-electron chi connectivity index (χ1n) is 7.50. The number of amides is 1. The maximum Gasteiger partial charge on any atom is 0.311 e. The summed E-state index contributed by atoms with van der Waals surface area (Å²) in [6.07, 6.45) is 0.404. The monoisotopic (exact) mass is 414 g/mol. The van der Waals surface area contributed by atoms with Crippen LogP contribution in [0.3, 0.4) is 0 Å². The highest BCUT2D eigenvalue weighted by Gasteiger charge is 2.12. The predicted octanol–water partition coefficient (Wildman–Crippen LogP) is 2.85. The van der Waals surface area contributed by atoms with Gasteiger partial charge in [0.25, 0.3) is 0 Å². The van der Waals surface area contributed by atoms with Crippen molar-refractivity contribution in [1.29, 1.82) is 0 Å². The summed E-state index contributed by atoms with van der Waals surface area (Å²) in [6, 6.07) is 0. The normalized spacial score (nSPS) is 10.7. The second kappa shape index (κ2) is 8.39. The van der Waals surface area contributed by atoms with Gasteiger partial charge in [-0.1, -0.05) is 0 Å². The number of aryl methyl sites for hydroxylation is 2. The molecule has 0 atom stereocenters. The minimum absolute atomic E-state index is 0.111. The zero-order valence-electron chi connectivity index (χ0n) is 13.8. The van der Waals surface area contributed by atoms with E-state index in [1.807, 2.05) is 13.8 Å². The van der Waals surface area contributed by atoms with Crippen LogP contribution < -0.4 is 5.32 Å². The number of hydrogen-bond acceptors (Lipinski definition) is 6. The van der Waals surface area contributed by atoms with Gasteiger partial charge >= 0.3 is 5.97 Å². The summed E-state index contributed by atoms with van der Waals surface area (Å²) in [6.45, 7) is 6.45. The molecule has 2 aromatic rings. The molecule has 0 aromatic carbocycles. The number of aromatic nitrogens is 3. The van der Waals surface area contributed by atoms with Crippen molar-refractivity contribution in [3.63, 3.8) is 0 Å². The van der Waals surface area contributed by atoms with Gasteiger partial charge in [0.05, 0.1) is 35.4 Å². The smallest absolute Gasteiger partial charge is 0.311 e. The third kappa shape index (κ3) is 4.88. The van der Waals surface area contributed by atoms with Crippen molar-refractivity contribution in [1.82, 2.24) is 14.8 Å². The number of carbonyl (C=O) groups is 2. The molecule has 0 aliphatic heterocycles. The molecule has 0 saturated heterocycles. The standard InChI is InChI=1S/C15H19BrN4O3S/c1-4-23-13(22)7-11-8-24-15(17-11)18-12(21)5-6-20-10(3)14(16)9(2)19-20/h8H,4-7H2,1-3H3,(H,17,18,21). The SMILES string of the molecule is CCOC(=O)Cc1csc(NC(=O)CCn2nc(C)c(Br)c2C)n1. The first kappa shape index (κ1) is 18.6. The van der Waals surface area contributed by atoms with Gasteiger partial charge in [0.2, 0.25) is 5.91 Å². The van der Waals surface area contributed by atoms with Gasteiger partial charge in [-0.05, 0) is 36.7 Å². The fraction of sp³-hybridized carbons (Fsp3) is 0.467. The fourth-order valence-electron chi connectivity index (χ4n) is 2.09. The molecular formula is C15H19BrN4O3S. The number of rotatable bonds is 7. The van der Waals surface area contributed by atoms with Crippen LogP contribution in [0.1, 0.15) is 30.4 Å². The Hall–Kier alpha value is -1.74. The van der Waals surface area contributed by atoms with Gasteiger partial charge in [-0.25, -0.2) is 4.98 Å². The summed E-state index contributed by atoms with van der Waals surface area (Å²) < 4.78 is 7.63. The zero-order chi connectivity index (χ0) is 17.7. The summed E-state index contributed by atoms with van der Waals surface area (Å²) in [5, 5.41) is 9.33. The molecule has 2 heterocycles. The first-order chi connectivity index (χ1) is 11.4. The molecule has 0 saturated carbocycles. The lowest BCUT2D eigenvalue weighted by molar-refractivity contribution is -0.142. The molecule has 1 amide bonds. The van der Waals surface area contributed by atoms with Crippen molar-refractivity contribution in [3.8, 4) is 0 Å². The minimum atomic E-state index is -0.323.